The van der Waals surface area contributed by atoms with Gasteiger partial charge in [-0.3, -0.25) is 14.4 Å². The van der Waals surface area contributed by atoms with Gasteiger partial charge in [-0.2, -0.15) is 0 Å². The molecule has 0 amide bonds. The van der Waals surface area contributed by atoms with E-state index in [1.807, 2.05) is 30.3 Å². The summed E-state index contributed by atoms with van der Waals surface area (Å²) in [6.07, 6.45) is 2.53. The van der Waals surface area contributed by atoms with Crippen LogP contribution in [0.15, 0.2) is 82.4 Å². The Balaban J connectivity index is 1.35. The van der Waals surface area contributed by atoms with Crippen molar-refractivity contribution in [2.45, 2.75) is 12.6 Å². The minimum Gasteiger partial charge on any atom is -0.465 e. The Kier molecular flexibility index (Phi) is 4.06. The number of benzene rings is 2. The van der Waals surface area contributed by atoms with Gasteiger partial charge in [0.1, 0.15) is 5.76 Å². The molecule has 30 heavy (non-hydrogen) atoms. The number of fused-ring (bicyclic) bond motifs is 5. The molecule has 0 unspecified atom stereocenters. The fourth-order valence-corrected chi connectivity index (χ4v) is 4.23. The topological polar surface area (TPSA) is 61.8 Å². The zero-order valence-electron chi connectivity index (χ0n) is 16.5. The van der Waals surface area contributed by atoms with Crippen LogP contribution in [-0.2, 0) is 6.42 Å². The molecular formula is C23H22N6O. The first-order chi connectivity index (χ1) is 14.9. The zero-order valence-corrected chi connectivity index (χ0v) is 16.5. The molecule has 6 rings (SSSR count). The van der Waals surface area contributed by atoms with Crippen molar-refractivity contribution >= 4 is 22.9 Å². The molecule has 0 bridgehead atoms. The lowest BCUT2D eigenvalue weighted by Gasteiger charge is -2.41. The van der Waals surface area contributed by atoms with Crippen LogP contribution in [0.1, 0.15) is 17.5 Å². The smallest absolute Gasteiger partial charge is 0.216 e. The number of imidazole rings is 1. The van der Waals surface area contributed by atoms with Crippen molar-refractivity contribution in [3.63, 3.8) is 0 Å². The molecule has 0 spiro atoms. The predicted octanol–water partition coefficient (Wildman–Crippen LogP) is 3.42. The molecule has 4 aromatic rings. The molecule has 0 fully saturated rings. The molecule has 1 atom stereocenters. The number of aliphatic imine (C=N–C) groups is 1. The molecule has 0 radical (unpaired) electrons. The highest BCUT2D eigenvalue weighted by Crippen LogP contribution is 2.33. The van der Waals surface area contributed by atoms with Crippen LogP contribution < -0.4 is 10.2 Å². The van der Waals surface area contributed by atoms with Gasteiger partial charge in [0, 0.05) is 6.54 Å². The molecule has 1 N–H and O–H groups in total. The molecule has 2 aliphatic heterocycles. The fourth-order valence-electron chi connectivity index (χ4n) is 4.23. The molecule has 2 aromatic heterocycles. The van der Waals surface area contributed by atoms with E-state index in [0.717, 1.165) is 48.3 Å². The van der Waals surface area contributed by atoms with E-state index in [4.69, 9.17) is 14.4 Å². The van der Waals surface area contributed by atoms with Gasteiger partial charge in [0.2, 0.25) is 11.9 Å². The summed E-state index contributed by atoms with van der Waals surface area (Å²) in [6, 6.07) is 22.7. The van der Waals surface area contributed by atoms with Crippen molar-refractivity contribution in [2.75, 3.05) is 24.8 Å². The van der Waals surface area contributed by atoms with E-state index in [0.29, 0.717) is 6.67 Å². The molecule has 2 aromatic carbocycles. The lowest BCUT2D eigenvalue weighted by atomic mass is 10.1. The number of hydrogen-bond acceptors (Lipinski definition) is 6. The average Bonchev–Trinajstić information content (AvgIpc) is 3.46. The molecule has 4 heterocycles. The third-order valence-corrected chi connectivity index (χ3v) is 5.73. The number of aromatic nitrogens is 2. The van der Waals surface area contributed by atoms with Gasteiger partial charge in [0.15, 0.2) is 6.17 Å². The van der Waals surface area contributed by atoms with Crippen LogP contribution >= 0.6 is 0 Å². The number of guanidine groups is 1. The first-order valence-corrected chi connectivity index (χ1v) is 10.2. The fraction of sp³-hybridized carbons (Fsp3) is 0.217. The number of hydrogen-bond donors (Lipinski definition) is 1. The molecule has 0 saturated carbocycles. The van der Waals surface area contributed by atoms with Crippen molar-refractivity contribution in [1.29, 1.82) is 0 Å². The van der Waals surface area contributed by atoms with Gasteiger partial charge in [-0.1, -0.05) is 42.5 Å². The van der Waals surface area contributed by atoms with E-state index in [1.54, 1.807) is 6.26 Å². The van der Waals surface area contributed by atoms with Gasteiger partial charge in [0.05, 0.1) is 30.6 Å². The number of rotatable bonds is 4. The second-order valence-corrected chi connectivity index (χ2v) is 7.66. The summed E-state index contributed by atoms with van der Waals surface area (Å²) in [4.78, 5) is 14.3. The second kappa shape index (κ2) is 7.03. The Bertz CT molecular complexity index is 1200. The summed E-state index contributed by atoms with van der Waals surface area (Å²) in [7, 11) is 0. The summed E-state index contributed by atoms with van der Waals surface area (Å²) >= 11 is 0. The van der Waals surface area contributed by atoms with Gasteiger partial charge in [-0.25, -0.2) is 9.98 Å². The molecule has 0 aliphatic carbocycles. The summed E-state index contributed by atoms with van der Waals surface area (Å²) < 4.78 is 7.94. The molecule has 7 heteroatoms. The van der Waals surface area contributed by atoms with Gasteiger partial charge < -0.3 is 9.73 Å². The first-order valence-electron chi connectivity index (χ1n) is 10.2. The number of para-hydroxylation sites is 2. The highest BCUT2D eigenvalue weighted by Gasteiger charge is 2.36. The van der Waals surface area contributed by atoms with E-state index in [2.05, 4.69) is 56.1 Å². The predicted molar refractivity (Wildman–Crippen MR) is 116 cm³/mol. The first kappa shape index (κ1) is 17.3. The van der Waals surface area contributed by atoms with E-state index < -0.39 is 0 Å². The third kappa shape index (κ3) is 2.86. The lowest BCUT2D eigenvalue weighted by Crippen LogP contribution is -2.57. The van der Waals surface area contributed by atoms with Crippen LogP contribution in [0.3, 0.4) is 0 Å². The summed E-state index contributed by atoms with van der Waals surface area (Å²) in [5.74, 6) is 2.57. The van der Waals surface area contributed by atoms with Crippen LogP contribution in [0.5, 0.6) is 0 Å². The minimum atomic E-state index is -0.173. The highest BCUT2D eigenvalue weighted by atomic mass is 16.3. The maximum Gasteiger partial charge on any atom is 0.216 e. The number of anilines is 1. The Labute approximate surface area is 174 Å². The van der Waals surface area contributed by atoms with Crippen LogP contribution in [0.4, 0.5) is 5.95 Å². The third-order valence-electron chi connectivity index (χ3n) is 5.73. The van der Waals surface area contributed by atoms with Crippen LogP contribution in [-0.4, -0.2) is 40.3 Å². The SMILES string of the molecule is c1ccc(CCN2CN=C3N[C@@H](c4ccco4)n4c(nc5ccccc54)N3C2)cc1. The molecule has 150 valence electrons. The zero-order chi connectivity index (χ0) is 19.9. The van der Waals surface area contributed by atoms with Crippen molar-refractivity contribution in [1.82, 2.24) is 19.8 Å². The Morgan fingerprint density at radius 2 is 1.87 bits per heavy atom. The van der Waals surface area contributed by atoms with E-state index >= 15 is 0 Å². The van der Waals surface area contributed by atoms with Crippen LogP contribution in [0.25, 0.3) is 11.0 Å². The molecule has 0 saturated heterocycles. The van der Waals surface area contributed by atoms with E-state index in [1.165, 1.54) is 5.56 Å². The van der Waals surface area contributed by atoms with Gasteiger partial charge >= 0.3 is 0 Å². The second-order valence-electron chi connectivity index (χ2n) is 7.66. The van der Waals surface area contributed by atoms with Crippen LogP contribution in [0, 0.1) is 0 Å². The van der Waals surface area contributed by atoms with Crippen molar-refractivity contribution in [3.05, 3.63) is 84.3 Å². The average molecular weight is 398 g/mol. The van der Waals surface area contributed by atoms with E-state index in [-0.39, 0.29) is 6.17 Å². The standard InChI is InChI=1S/C23H22N6O/c1-2-7-17(8-3-1)12-13-27-15-24-22-26-21(20-11-6-14-30-20)29-19-10-5-4-9-18(19)25-23(29)28(22)16-27/h1-11,14,21H,12-13,15-16H2,(H,24,26)/t21-/m1/s1. The van der Waals surface area contributed by atoms with Gasteiger partial charge in [-0.05, 0) is 36.2 Å². The molecule has 7 nitrogen and oxygen atoms in total. The molecule has 2 aliphatic rings. The highest BCUT2D eigenvalue weighted by molar-refractivity contribution is 5.98. The monoisotopic (exact) mass is 398 g/mol. The Morgan fingerprint density at radius 3 is 2.73 bits per heavy atom. The summed E-state index contributed by atoms with van der Waals surface area (Å²) in [5.41, 5.74) is 3.38. The number of nitrogens with one attached hydrogen (secondary N) is 1. The Hall–Kier alpha value is -3.58. The van der Waals surface area contributed by atoms with Crippen molar-refractivity contribution in [3.8, 4) is 0 Å². The van der Waals surface area contributed by atoms with Crippen molar-refractivity contribution < 1.29 is 4.42 Å². The Morgan fingerprint density at radius 1 is 1.00 bits per heavy atom. The van der Waals surface area contributed by atoms with Crippen LogP contribution in [0.2, 0.25) is 0 Å². The maximum absolute atomic E-state index is 5.74. The minimum absolute atomic E-state index is 0.173. The number of nitrogens with zero attached hydrogens (tertiary/aromatic N) is 5. The largest absolute Gasteiger partial charge is 0.465 e. The summed E-state index contributed by atoms with van der Waals surface area (Å²) in [5, 5.41) is 3.57. The van der Waals surface area contributed by atoms with E-state index in [9.17, 15) is 0 Å². The normalized spacial score (nSPS) is 18.6. The molecular weight excluding hydrogens is 376 g/mol. The quantitative estimate of drug-likeness (QED) is 0.571. The van der Waals surface area contributed by atoms with Gasteiger partial charge in [-0.15, -0.1) is 0 Å². The van der Waals surface area contributed by atoms with Crippen molar-refractivity contribution in [2.24, 2.45) is 4.99 Å². The maximum atomic E-state index is 5.74. The summed E-state index contributed by atoms with van der Waals surface area (Å²) in [6.45, 7) is 2.35. The number of furan rings is 1. The van der Waals surface area contributed by atoms with Gasteiger partial charge in [0.25, 0.3) is 0 Å². The lowest BCUT2D eigenvalue weighted by molar-refractivity contribution is 0.272.